The van der Waals surface area contributed by atoms with Gasteiger partial charge in [0.15, 0.2) is 0 Å². The first-order valence-electron chi connectivity index (χ1n) is 10.6. The van der Waals surface area contributed by atoms with Crippen molar-refractivity contribution in [1.29, 1.82) is 0 Å². The Morgan fingerprint density at radius 3 is 2.52 bits per heavy atom. The minimum absolute atomic E-state index is 0.0109. The van der Waals surface area contributed by atoms with Crippen molar-refractivity contribution < 1.29 is 14.6 Å². The van der Waals surface area contributed by atoms with Crippen LogP contribution in [0.1, 0.15) is 16.1 Å². The molecule has 3 aromatic rings. The number of carbonyl (C=O) groups is 1. The maximum Gasteiger partial charge on any atom is 0.359 e. The second-order valence-electron chi connectivity index (χ2n) is 8.36. The van der Waals surface area contributed by atoms with Crippen LogP contribution in [0.5, 0.6) is 5.75 Å². The number of fused-ring (bicyclic) bond motifs is 1. The topological polar surface area (TPSA) is 80.5 Å². The highest BCUT2D eigenvalue weighted by Crippen LogP contribution is 2.54. The Balaban J connectivity index is 1.23. The molecule has 0 amide bonds. The van der Waals surface area contributed by atoms with Crippen molar-refractivity contribution in [1.82, 2.24) is 15.0 Å². The van der Waals surface area contributed by atoms with Gasteiger partial charge < -0.3 is 14.7 Å². The Hall–Kier alpha value is -2.42. The summed E-state index contributed by atoms with van der Waals surface area (Å²) in [4.78, 5) is 14.1. The van der Waals surface area contributed by atoms with Gasteiger partial charge in [-0.15, -0.1) is 16.9 Å². The average Bonchev–Trinajstić information content (AvgIpc) is 3.13. The largest absolute Gasteiger partial charge is 0.497 e. The Morgan fingerprint density at radius 1 is 1.15 bits per heavy atom. The van der Waals surface area contributed by atoms with Crippen LogP contribution in [-0.4, -0.2) is 52.0 Å². The van der Waals surface area contributed by atoms with Gasteiger partial charge in [0.1, 0.15) is 10.8 Å². The third-order valence-corrected chi connectivity index (χ3v) is 8.40. The number of ether oxygens (including phenoxy) is 1. The molecule has 2 atom stereocenters. The molecule has 1 aromatic heterocycles. The zero-order chi connectivity index (χ0) is 23.1. The Kier molecular flexibility index (Phi) is 6.16. The number of hydrogen-bond donors (Lipinski definition) is 1. The fraction of sp³-hybridized carbons (Fsp3) is 0.348. The summed E-state index contributed by atoms with van der Waals surface area (Å²) < 4.78 is 6.88. The minimum Gasteiger partial charge on any atom is -0.497 e. The smallest absolute Gasteiger partial charge is 0.359 e. The Bertz CT molecular complexity index is 1170. The van der Waals surface area contributed by atoms with Crippen LogP contribution >= 0.6 is 35.0 Å². The van der Waals surface area contributed by atoms with Crippen molar-refractivity contribution in [3.63, 3.8) is 0 Å². The second-order valence-corrected chi connectivity index (χ2v) is 10.2. The molecule has 0 spiro atoms. The van der Waals surface area contributed by atoms with Crippen LogP contribution in [0.3, 0.4) is 0 Å². The molecule has 33 heavy (non-hydrogen) atoms. The van der Waals surface area contributed by atoms with E-state index in [1.54, 1.807) is 11.8 Å². The summed E-state index contributed by atoms with van der Waals surface area (Å²) in [6, 6.07) is 13.4. The number of carboxylic acids is 1. The molecule has 0 bridgehead atoms. The highest BCUT2D eigenvalue weighted by Gasteiger charge is 2.55. The van der Waals surface area contributed by atoms with Crippen LogP contribution in [0.2, 0.25) is 10.0 Å². The molecule has 10 heteroatoms. The van der Waals surface area contributed by atoms with Crippen LogP contribution < -0.4 is 9.64 Å². The first-order valence-corrected chi connectivity index (χ1v) is 12.3. The summed E-state index contributed by atoms with van der Waals surface area (Å²) >= 11 is 13.8. The number of hydrogen-bond acceptors (Lipinski definition) is 6. The van der Waals surface area contributed by atoms with Gasteiger partial charge in [0.05, 0.1) is 23.7 Å². The molecule has 2 aromatic carbocycles. The van der Waals surface area contributed by atoms with Crippen LogP contribution in [0.25, 0.3) is 0 Å². The van der Waals surface area contributed by atoms with E-state index in [2.05, 4.69) is 15.2 Å². The number of methoxy groups -OCH3 is 1. The zero-order valence-corrected chi connectivity index (χ0v) is 20.1. The number of nitrogens with zero attached hydrogens (tertiary/aromatic N) is 4. The molecule has 2 unspecified atom stereocenters. The first kappa shape index (κ1) is 22.4. The fourth-order valence-electron chi connectivity index (χ4n) is 4.55. The summed E-state index contributed by atoms with van der Waals surface area (Å²) in [6.07, 6.45) is 0. The fourth-order valence-corrected chi connectivity index (χ4v) is 6.21. The second kappa shape index (κ2) is 9.08. The number of benzene rings is 2. The van der Waals surface area contributed by atoms with Gasteiger partial charge >= 0.3 is 5.97 Å². The predicted molar refractivity (Wildman–Crippen MR) is 129 cm³/mol. The number of rotatable bonds is 8. The molecule has 1 aliphatic heterocycles. The molecule has 2 heterocycles. The lowest BCUT2D eigenvalue weighted by molar-refractivity contribution is 0.0686. The maximum atomic E-state index is 11.7. The van der Waals surface area contributed by atoms with Crippen LogP contribution in [0.4, 0.5) is 5.69 Å². The van der Waals surface area contributed by atoms with E-state index in [9.17, 15) is 9.90 Å². The minimum atomic E-state index is -1.06. The Morgan fingerprint density at radius 2 is 1.88 bits per heavy atom. The molecule has 5 rings (SSSR count). The van der Waals surface area contributed by atoms with Crippen molar-refractivity contribution >= 4 is 46.6 Å². The molecule has 7 nitrogen and oxygen atoms in total. The van der Waals surface area contributed by atoms with Crippen molar-refractivity contribution in [3.05, 3.63) is 63.8 Å². The Labute approximate surface area is 205 Å². The van der Waals surface area contributed by atoms with Gasteiger partial charge in [-0.2, -0.15) is 0 Å². The molecular formula is C23H22Cl2N4O3S. The number of aromatic nitrogens is 3. The normalized spacial score (nSPS) is 21.2. The maximum absolute atomic E-state index is 11.7. The highest BCUT2D eigenvalue weighted by atomic mass is 35.5. The van der Waals surface area contributed by atoms with Gasteiger partial charge in [-0.1, -0.05) is 40.5 Å². The van der Waals surface area contributed by atoms with Crippen LogP contribution in [0.15, 0.2) is 47.5 Å². The van der Waals surface area contributed by atoms with E-state index in [1.807, 2.05) is 42.5 Å². The van der Waals surface area contributed by atoms with Gasteiger partial charge in [-0.25, -0.2) is 9.48 Å². The van der Waals surface area contributed by atoms with Crippen molar-refractivity contribution in [2.45, 2.75) is 11.6 Å². The zero-order valence-electron chi connectivity index (χ0n) is 17.8. The first-order chi connectivity index (χ1) is 15.9. The lowest BCUT2D eigenvalue weighted by Gasteiger charge is -2.22. The molecular weight excluding hydrogens is 483 g/mol. The molecule has 2 fully saturated rings. The SMILES string of the molecule is COc1ccc(Cn2nnc(C(=O)O)c2SCC2C3CN(c4ccc(Cl)c(Cl)c4)CC23)cc1. The van der Waals surface area contributed by atoms with Gasteiger partial charge in [0.2, 0.25) is 5.69 Å². The van der Waals surface area contributed by atoms with E-state index in [1.165, 1.54) is 11.8 Å². The molecule has 0 radical (unpaired) electrons. The number of piperidine rings is 1. The summed E-state index contributed by atoms with van der Waals surface area (Å²) in [5.74, 6) is 2.33. The van der Waals surface area contributed by atoms with Crippen LogP contribution in [0, 0.1) is 17.8 Å². The number of halogens is 2. The van der Waals surface area contributed by atoms with Crippen molar-refractivity contribution in [2.75, 3.05) is 30.9 Å². The van der Waals surface area contributed by atoms with Crippen LogP contribution in [-0.2, 0) is 6.54 Å². The van der Waals surface area contributed by atoms with E-state index in [0.717, 1.165) is 35.8 Å². The quantitative estimate of drug-likeness (QED) is 0.440. The van der Waals surface area contributed by atoms with E-state index < -0.39 is 5.97 Å². The van der Waals surface area contributed by atoms with E-state index in [-0.39, 0.29) is 5.69 Å². The van der Waals surface area contributed by atoms with E-state index in [4.69, 9.17) is 27.9 Å². The molecule has 1 saturated carbocycles. The molecule has 172 valence electrons. The molecule has 1 aliphatic carbocycles. The predicted octanol–water partition coefficient (Wildman–Crippen LogP) is 4.81. The molecule has 1 saturated heterocycles. The summed E-state index contributed by atoms with van der Waals surface area (Å²) in [5.41, 5.74) is 2.11. The number of anilines is 1. The van der Waals surface area contributed by atoms with Gasteiger partial charge in [0, 0.05) is 24.5 Å². The van der Waals surface area contributed by atoms with Gasteiger partial charge in [-0.3, -0.25) is 0 Å². The molecule has 2 aliphatic rings. The average molecular weight is 505 g/mol. The number of thioether (sulfide) groups is 1. The summed E-state index contributed by atoms with van der Waals surface area (Å²) in [6.45, 7) is 2.40. The van der Waals surface area contributed by atoms with Gasteiger partial charge in [-0.05, 0) is 53.6 Å². The highest BCUT2D eigenvalue weighted by molar-refractivity contribution is 7.99. The standard InChI is InChI=1S/C23H22Cl2N4O3S/c1-32-15-5-2-13(3-6-15)9-29-22(21(23(30)31)26-27-29)33-12-18-16-10-28(11-17(16)18)14-4-7-19(24)20(25)8-14/h2-8,16-18H,9-12H2,1H3,(H,30,31). The lowest BCUT2D eigenvalue weighted by Crippen LogP contribution is -2.24. The van der Waals surface area contributed by atoms with Crippen molar-refractivity contribution in [3.8, 4) is 5.75 Å². The monoisotopic (exact) mass is 504 g/mol. The van der Waals surface area contributed by atoms with E-state index in [0.29, 0.717) is 39.4 Å². The third-order valence-electron chi connectivity index (χ3n) is 6.44. The van der Waals surface area contributed by atoms with Crippen molar-refractivity contribution in [2.24, 2.45) is 17.8 Å². The van der Waals surface area contributed by atoms with E-state index >= 15 is 0 Å². The third kappa shape index (κ3) is 4.52. The van der Waals surface area contributed by atoms with Gasteiger partial charge in [0.25, 0.3) is 0 Å². The summed E-state index contributed by atoms with van der Waals surface area (Å²) in [5, 5.41) is 19.4. The molecule has 1 N–H and O–H groups in total. The number of aromatic carboxylic acids is 1. The number of carboxylic acid groups (broad SMARTS) is 1. The summed E-state index contributed by atoms with van der Waals surface area (Å²) in [7, 11) is 1.62. The lowest BCUT2D eigenvalue weighted by atomic mass is 10.2.